The normalized spacial score (nSPS) is 10.5. The zero-order valence-corrected chi connectivity index (χ0v) is 10.4. The fraction of sp³-hybridized carbons (Fsp3) is 0.417. The van der Waals surface area contributed by atoms with Crippen LogP contribution in [0.3, 0.4) is 0 Å². The number of nitriles is 1. The average Bonchev–Trinajstić information content (AvgIpc) is 2.25. The van der Waals surface area contributed by atoms with Crippen molar-refractivity contribution in [3.05, 3.63) is 24.5 Å². The van der Waals surface area contributed by atoms with Gasteiger partial charge in [-0.05, 0) is 20.8 Å². The van der Waals surface area contributed by atoms with E-state index < -0.39 is 5.54 Å². The molecule has 0 radical (unpaired) electrons. The van der Waals surface area contributed by atoms with E-state index in [4.69, 9.17) is 5.26 Å². The molecule has 5 nitrogen and oxygen atoms in total. The van der Waals surface area contributed by atoms with Gasteiger partial charge in [0.2, 0.25) is 0 Å². The Morgan fingerprint density at radius 1 is 1.47 bits per heavy atom. The second-order valence-electron chi connectivity index (χ2n) is 4.22. The quantitative estimate of drug-likeness (QED) is 0.759. The number of hydrogen-bond donors (Lipinski definition) is 2. The highest BCUT2D eigenvalue weighted by Gasteiger charge is 2.17. The van der Waals surface area contributed by atoms with Crippen molar-refractivity contribution in [2.24, 2.45) is 0 Å². The molecule has 0 aliphatic heterocycles. The monoisotopic (exact) mass is 231 g/mol. The number of anilines is 2. The van der Waals surface area contributed by atoms with E-state index >= 15 is 0 Å². The van der Waals surface area contributed by atoms with Gasteiger partial charge in [0, 0.05) is 12.6 Å². The van der Waals surface area contributed by atoms with Crippen LogP contribution in [0.4, 0.5) is 11.6 Å². The molecule has 0 spiro atoms. The molecule has 0 fully saturated rings. The minimum atomic E-state index is -0.656. The standard InChI is InChI=1S/C12H17N5/c1-5-6-14-10-7-11(16-9(2)15-10)17-12(3,4)8-13/h5,7H,1,6H2,2-4H3,(H2,14,15,16,17). The molecule has 17 heavy (non-hydrogen) atoms. The van der Waals surface area contributed by atoms with Gasteiger partial charge in [0.05, 0.1) is 6.07 Å². The molecule has 1 aromatic heterocycles. The first-order valence-corrected chi connectivity index (χ1v) is 5.37. The highest BCUT2D eigenvalue weighted by atomic mass is 15.1. The maximum Gasteiger partial charge on any atom is 0.133 e. The average molecular weight is 231 g/mol. The highest BCUT2D eigenvalue weighted by molar-refractivity contribution is 5.50. The summed E-state index contributed by atoms with van der Waals surface area (Å²) < 4.78 is 0. The lowest BCUT2D eigenvalue weighted by atomic mass is 10.1. The van der Waals surface area contributed by atoms with Crippen LogP contribution in [0.5, 0.6) is 0 Å². The third-order valence-electron chi connectivity index (χ3n) is 1.99. The van der Waals surface area contributed by atoms with Crippen molar-refractivity contribution in [3.63, 3.8) is 0 Å². The lowest BCUT2D eigenvalue weighted by Crippen LogP contribution is -2.29. The van der Waals surface area contributed by atoms with Crippen LogP contribution in [0.15, 0.2) is 18.7 Å². The molecular weight excluding hydrogens is 214 g/mol. The van der Waals surface area contributed by atoms with Crippen LogP contribution in [0, 0.1) is 18.3 Å². The van der Waals surface area contributed by atoms with Gasteiger partial charge in [-0.25, -0.2) is 9.97 Å². The van der Waals surface area contributed by atoms with Crippen molar-refractivity contribution in [2.45, 2.75) is 26.3 Å². The molecule has 0 aliphatic rings. The molecule has 90 valence electrons. The third-order valence-corrected chi connectivity index (χ3v) is 1.99. The predicted molar refractivity (Wildman–Crippen MR) is 68.8 cm³/mol. The summed E-state index contributed by atoms with van der Waals surface area (Å²) in [4.78, 5) is 8.47. The maximum absolute atomic E-state index is 8.95. The molecule has 0 amide bonds. The summed E-state index contributed by atoms with van der Waals surface area (Å²) in [5, 5.41) is 15.1. The summed E-state index contributed by atoms with van der Waals surface area (Å²) in [6, 6.07) is 3.94. The van der Waals surface area contributed by atoms with Crippen LogP contribution in [0.25, 0.3) is 0 Å². The van der Waals surface area contributed by atoms with E-state index in [2.05, 4.69) is 33.2 Å². The van der Waals surface area contributed by atoms with Gasteiger partial charge in [0.15, 0.2) is 0 Å². The van der Waals surface area contributed by atoms with E-state index in [0.717, 1.165) is 0 Å². The second kappa shape index (κ2) is 5.30. The minimum absolute atomic E-state index is 0.635. The van der Waals surface area contributed by atoms with E-state index in [9.17, 15) is 0 Å². The number of nitrogens with one attached hydrogen (secondary N) is 2. The van der Waals surface area contributed by atoms with Gasteiger partial charge < -0.3 is 10.6 Å². The molecule has 0 atom stereocenters. The molecule has 1 aromatic rings. The van der Waals surface area contributed by atoms with Gasteiger partial charge in [-0.15, -0.1) is 6.58 Å². The predicted octanol–water partition coefficient (Wildman–Crippen LogP) is 2.10. The van der Waals surface area contributed by atoms with Crippen LogP contribution in [-0.2, 0) is 0 Å². The number of aryl methyl sites for hydroxylation is 1. The Hall–Kier alpha value is -2.09. The lowest BCUT2D eigenvalue weighted by molar-refractivity contribution is 0.722. The van der Waals surface area contributed by atoms with E-state index in [1.165, 1.54) is 0 Å². The number of rotatable bonds is 5. The molecule has 0 unspecified atom stereocenters. The minimum Gasteiger partial charge on any atom is -0.366 e. The summed E-state index contributed by atoms with van der Waals surface area (Å²) in [7, 11) is 0. The van der Waals surface area contributed by atoms with E-state index in [0.29, 0.717) is 24.0 Å². The van der Waals surface area contributed by atoms with Gasteiger partial charge in [-0.2, -0.15) is 5.26 Å². The molecular formula is C12H17N5. The zero-order chi connectivity index (χ0) is 12.9. The maximum atomic E-state index is 8.95. The first-order chi connectivity index (χ1) is 7.96. The fourth-order valence-corrected chi connectivity index (χ4v) is 1.25. The Morgan fingerprint density at radius 3 is 2.71 bits per heavy atom. The first kappa shape index (κ1) is 13.0. The summed E-state index contributed by atoms with van der Waals surface area (Å²) >= 11 is 0. The van der Waals surface area contributed by atoms with Crippen molar-refractivity contribution in [3.8, 4) is 6.07 Å². The van der Waals surface area contributed by atoms with Crippen LogP contribution in [0.2, 0.25) is 0 Å². The van der Waals surface area contributed by atoms with Gasteiger partial charge in [-0.1, -0.05) is 6.08 Å². The summed E-state index contributed by atoms with van der Waals surface area (Å²) in [5.74, 6) is 2.00. The number of aromatic nitrogens is 2. The van der Waals surface area contributed by atoms with Crippen molar-refractivity contribution in [1.29, 1.82) is 5.26 Å². The van der Waals surface area contributed by atoms with Gasteiger partial charge in [0.25, 0.3) is 0 Å². The van der Waals surface area contributed by atoms with Crippen molar-refractivity contribution >= 4 is 11.6 Å². The Labute approximate surface area is 102 Å². The summed E-state index contributed by atoms with van der Waals surface area (Å²) in [6.45, 7) is 9.66. The molecule has 0 saturated heterocycles. The largest absolute Gasteiger partial charge is 0.366 e. The first-order valence-electron chi connectivity index (χ1n) is 5.37. The van der Waals surface area contributed by atoms with Crippen molar-refractivity contribution < 1.29 is 0 Å². The van der Waals surface area contributed by atoms with Gasteiger partial charge in [0.1, 0.15) is 23.0 Å². The van der Waals surface area contributed by atoms with E-state index in [-0.39, 0.29) is 0 Å². The number of hydrogen-bond acceptors (Lipinski definition) is 5. The zero-order valence-electron chi connectivity index (χ0n) is 10.4. The molecule has 0 bridgehead atoms. The highest BCUT2D eigenvalue weighted by Crippen LogP contribution is 2.15. The number of nitrogens with zero attached hydrogens (tertiary/aromatic N) is 3. The van der Waals surface area contributed by atoms with Gasteiger partial charge in [-0.3, -0.25) is 0 Å². The van der Waals surface area contributed by atoms with Crippen molar-refractivity contribution in [1.82, 2.24) is 9.97 Å². The molecule has 0 aliphatic carbocycles. The Morgan fingerprint density at radius 2 is 2.12 bits per heavy atom. The van der Waals surface area contributed by atoms with E-state index in [1.54, 1.807) is 26.0 Å². The second-order valence-corrected chi connectivity index (χ2v) is 4.22. The molecule has 0 aromatic carbocycles. The topological polar surface area (TPSA) is 73.6 Å². The fourth-order valence-electron chi connectivity index (χ4n) is 1.25. The molecule has 1 rings (SSSR count). The molecule has 0 saturated carbocycles. The SMILES string of the molecule is C=CCNc1cc(NC(C)(C)C#N)nc(C)n1. The van der Waals surface area contributed by atoms with Crippen LogP contribution in [-0.4, -0.2) is 22.1 Å². The lowest BCUT2D eigenvalue weighted by Gasteiger charge is -2.18. The third kappa shape index (κ3) is 4.11. The van der Waals surface area contributed by atoms with Crippen LogP contribution >= 0.6 is 0 Å². The smallest absolute Gasteiger partial charge is 0.133 e. The molecule has 2 N–H and O–H groups in total. The summed E-state index contributed by atoms with van der Waals surface area (Å²) in [5.41, 5.74) is -0.656. The van der Waals surface area contributed by atoms with Crippen molar-refractivity contribution in [2.75, 3.05) is 17.2 Å². The molecule has 5 heteroatoms. The Bertz CT molecular complexity index is 445. The van der Waals surface area contributed by atoms with Crippen LogP contribution in [0.1, 0.15) is 19.7 Å². The Kier molecular flexibility index (Phi) is 4.05. The van der Waals surface area contributed by atoms with Crippen LogP contribution < -0.4 is 10.6 Å². The Balaban J connectivity index is 2.90. The van der Waals surface area contributed by atoms with E-state index in [1.807, 2.05) is 6.92 Å². The van der Waals surface area contributed by atoms with Gasteiger partial charge >= 0.3 is 0 Å². The molecule has 1 heterocycles. The summed E-state index contributed by atoms with van der Waals surface area (Å²) in [6.07, 6.45) is 1.75.